The largest absolute Gasteiger partial charge is 0.382 e. The lowest BCUT2D eigenvalue weighted by Crippen LogP contribution is -2.32. The molecule has 2 aliphatic heterocycles. The Morgan fingerprint density at radius 1 is 1.37 bits per heavy atom. The van der Waals surface area contributed by atoms with Gasteiger partial charge in [-0.2, -0.15) is 0 Å². The highest BCUT2D eigenvalue weighted by molar-refractivity contribution is 5.94. The average Bonchev–Trinajstić information content (AvgIpc) is 2.39. The van der Waals surface area contributed by atoms with Crippen LogP contribution >= 0.6 is 0 Å². The number of ether oxygens (including phenoxy) is 1. The summed E-state index contributed by atoms with van der Waals surface area (Å²) in [5, 5.41) is 6.49. The molecule has 4 heteroatoms. The summed E-state index contributed by atoms with van der Waals surface area (Å²) in [6.07, 6.45) is 3.86. The van der Waals surface area contributed by atoms with E-state index < -0.39 is 0 Å². The van der Waals surface area contributed by atoms with Crippen molar-refractivity contribution in [2.75, 3.05) is 17.2 Å². The topological polar surface area (TPSA) is 50.4 Å². The van der Waals surface area contributed by atoms with Crippen LogP contribution in [0.1, 0.15) is 31.7 Å². The van der Waals surface area contributed by atoms with Crippen molar-refractivity contribution in [1.29, 1.82) is 0 Å². The highest BCUT2D eigenvalue weighted by atomic mass is 16.5. The first-order valence-electron chi connectivity index (χ1n) is 7.01. The minimum Gasteiger partial charge on any atom is -0.382 e. The Kier molecular flexibility index (Phi) is 3.42. The third-order valence-corrected chi connectivity index (χ3v) is 3.86. The number of hydrogen-bond acceptors (Lipinski definition) is 3. The Morgan fingerprint density at radius 3 is 3.11 bits per heavy atom. The SMILES string of the molecule is CC1CC(Nc2ccc3c(c2)CCC(=O)N3)CCO1. The molecule has 0 spiro atoms. The predicted octanol–water partition coefficient (Wildman–Crippen LogP) is 2.55. The van der Waals surface area contributed by atoms with E-state index in [2.05, 4.69) is 23.6 Å². The number of carbonyl (C=O) groups is 1. The van der Waals surface area contributed by atoms with Crippen LogP contribution in [0.4, 0.5) is 11.4 Å². The van der Waals surface area contributed by atoms with Crippen LogP contribution in [0.5, 0.6) is 0 Å². The van der Waals surface area contributed by atoms with Gasteiger partial charge >= 0.3 is 0 Å². The van der Waals surface area contributed by atoms with E-state index in [9.17, 15) is 4.79 Å². The molecule has 0 saturated carbocycles. The van der Waals surface area contributed by atoms with E-state index in [-0.39, 0.29) is 5.91 Å². The normalized spacial score (nSPS) is 26.5. The first-order valence-corrected chi connectivity index (χ1v) is 7.01. The van der Waals surface area contributed by atoms with E-state index in [0.29, 0.717) is 18.6 Å². The highest BCUT2D eigenvalue weighted by Gasteiger charge is 2.20. The molecule has 0 aliphatic carbocycles. The monoisotopic (exact) mass is 260 g/mol. The van der Waals surface area contributed by atoms with Crippen LogP contribution < -0.4 is 10.6 Å². The van der Waals surface area contributed by atoms with Crippen LogP contribution in [0.3, 0.4) is 0 Å². The summed E-state index contributed by atoms with van der Waals surface area (Å²) in [6.45, 7) is 2.95. The Morgan fingerprint density at radius 2 is 2.26 bits per heavy atom. The second kappa shape index (κ2) is 5.21. The third kappa shape index (κ3) is 2.89. The number of fused-ring (bicyclic) bond motifs is 1. The molecule has 1 aromatic carbocycles. The van der Waals surface area contributed by atoms with Gasteiger partial charge in [0.2, 0.25) is 5.91 Å². The van der Waals surface area contributed by atoms with Crippen LogP contribution in [0.25, 0.3) is 0 Å². The molecule has 2 aliphatic rings. The van der Waals surface area contributed by atoms with Crippen molar-refractivity contribution >= 4 is 17.3 Å². The first kappa shape index (κ1) is 12.5. The fraction of sp³-hybridized carbons (Fsp3) is 0.533. The molecule has 1 fully saturated rings. The van der Waals surface area contributed by atoms with Crippen LogP contribution in [0, 0.1) is 0 Å². The maximum absolute atomic E-state index is 11.3. The van der Waals surface area contributed by atoms with Gasteiger partial charge in [0.25, 0.3) is 0 Å². The van der Waals surface area contributed by atoms with Gasteiger partial charge in [0.1, 0.15) is 0 Å². The quantitative estimate of drug-likeness (QED) is 0.859. The molecule has 2 atom stereocenters. The third-order valence-electron chi connectivity index (χ3n) is 3.86. The van der Waals surface area contributed by atoms with E-state index in [0.717, 1.165) is 37.2 Å². The number of aryl methyl sites for hydroxylation is 1. The molecule has 2 N–H and O–H groups in total. The van der Waals surface area contributed by atoms with E-state index in [4.69, 9.17) is 4.74 Å². The van der Waals surface area contributed by atoms with Crippen LogP contribution in [0.2, 0.25) is 0 Å². The van der Waals surface area contributed by atoms with Gasteiger partial charge in [-0.1, -0.05) is 0 Å². The molecule has 0 aromatic heterocycles. The Balaban J connectivity index is 1.70. The zero-order valence-corrected chi connectivity index (χ0v) is 11.2. The van der Waals surface area contributed by atoms with E-state index in [1.54, 1.807) is 0 Å². The van der Waals surface area contributed by atoms with Crippen molar-refractivity contribution in [3.63, 3.8) is 0 Å². The van der Waals surface area contributed by atoms with Crippen molar-refractivity contribution in [3.05, 3.63) is 23.8 Å². The number of hydrogen-bond donors (Lipinski definition) is 2. The minimum atomic E-state index is 0.117. The molecule has 0 radical (unpaired) electrons. The summed E-state index contributed by atoms with van der Waals surface area (Å²) in [6, 6.07) is 6.69. The number of rotatable bonds is 2. The van der Waals surface area contributed by atoms with Crippen LogP contribution in [-0.2, 0) is 16.0 Å². The molecular formula is C15H20N2O2. The van der Waals surface area contributed by atoms with E-state index >= 15 is 0 Å². The summed E-state index contributed by atoms with van der Waals surface area (Å²) in [5.41, 5.74) is 3.33. The summed E-state index contributed by atoms with van der Waals surface area (Å²) in [4.78, 5) is 11.3. The van der Waals surface area contributed by atoms with Gasteiger partial charge in [0, 0.05) is 30.4 Å². The summed E-state index contributed by atoms with van der Waals surface area (Å²) < 4.78 is 5.56. The number of amides is 1. The van der Waals surface area contributed by atoms with Gasteiger partial charge in [-0.05, 0) is 49.9 Å². The molecule has 4 nitrogen and oxygen atoms in total. The number of benzene rings is 1. The predicted molar refractivity (Wildman–Crippen MR) is 75.5 cm³/mol. The van der Waals surface area contributed by atoms with E-state index in [1.165, 1.54) is 5.56 Å². The Hall–Kier alpha value is -1.55. The number of nitrogens with one attached hydrogen (secondary N) is 2. The fourth-order valence-electron chi connectivity index (χ4n) is 2.84. The molecule has 1 saturated heterocycles. The summed E-state index contributed by atoms with van der Waals surface area (Å²) >= 11 is 0. The second-order valence-corrected chi connectivity index (χ2v) is 5.47. The Labute approximate surface area is 113 Å². The van der Waals surface area contributed by atoms with Gasteiger partial charge in [-0.3, -0.25) is 4.79 Å². The van der Waals surface area contributed by atoms with Gasteiger partial charge in [0.05, 0.1) is 6.10 Å². The fourth-order valence-corrected chi connectivity index (χ4v) is 2.84. The summed E-state index contributed by atoms with van der Waals surface area (Å²) in [5.74, 6) is 0.117. The smallest absolute Gasteiger partial charge is 0.224 e. The Bertz CT molecular complexity index is 487. The second-order valence-electron chi connectivity index (χ2n) is 5.47. The van der Waals surface area contributed by atoms with Gasteiger partial charge in [0.15, 0.2) is 0 Å². The molecule has 102 valence electrons. The number of anilines is 2. The zero-order chi connectivity index (χ0) is 13.2. The molecule has 19 heavy (non-hydrogen) atoms. The average molecular weight is 260 g/mol. The maximum atomic E-state index is 11.3. The molecule has 1 amide bonds. The van der Waals surface area contributed by atoms with Crippen molar-refractivity contribution in [3.8, 4) is 0 Å². The summed E-state index contributed by atoms with van der Waals surface area (Å²) in [7, 11) is 0. The van der Waals surface area contributed by atoms with Gasteiger partial charge in [-0.25, -0.2) is 0 Å². The number of carbonyl (C=O) groups excluding carboxylic acids is 1. The van der Waals surface area contributed by atoms with Crippen molar-refractivity contribution < 1.29 is 9.53 Å². The zero-order valence-electron chi connectivity index (χ0n) is 11.2. The maximum Gasteiger partial charge on any atom is 0.224 e. The molecule has 2 unspecified atom stereocenters. The molecule has 3 rings (SSSR count). The lowest BCUT2D eigenvalue weighted by molar-refractivity contribution is -0.116. The van der Waals surface area contributed by atoms with Crippen LogP contribution in [0.15, 0.2) is 18.2 Å². The lowest BCUT2D eigenvalue weighted by Gasteiger charge is -2.29. The molecular weight excluding hydrogens is 240 g/mol. The standard InChI is InChI=1S/C15H20N2O2/c1-10-8-13(6-7-19-10)16-12-3-4-14-11(9-12)2-5-15(18)17-14/h3-4,9-10,13,16H,2,5-8H2,1H3,(H,17,18). The molecule has 1 aromatic rings. The first-order chi connectivity index (χ1) is 9.20. The highest BCUT2D eigenvalue weighted by Crippen LogP contribution is 2.27. The van der Waals surface area contributed by atoms with Crippen LogP contribution in [-0.4, -0.2) is 24.7 Å². The molecule has 2 heterocycles. The van der Waals surface area contributed by atoms with Crippen molar-refractivity contribution in [1.82, 2.24) is 0 Å². The van der Waals surface area contributed by atoms with Crippen molar-refractivity contribution in [2.45, 2.75) is 44.8 Å². The van der Waals surface area contributed by atoms with Gasteiger partial charge < -0.3 is 15.4 Å². The van der Waals surface area contributed by atoms with Crippen molar-refractivity contribution in [2.24, 2.45) is 0 Å². The minimum absolute atomic E-state index is 0.117. The van der Waals surface area contributed by atoms with Gasteiger partial charge in [-0.15, -0.1) is 0 Å². The van der Waals surface area contributed by atoms with E-state index in [1.807, 2.05) is 12.1 Å². The molecule has 0 bridgehead atoms. The lowest BCUT2D eigenvalue weighted by atomic mass is 10.0.